The summed E-state index contributed by atoms with van der Waals surface area (Å²) in [6.07, 6.45) is 3.14. The maximum Gasteiger partial charge on any atom is 0.330 e. The number of likely N-dealkylation sites (tertiary alicyclic amines) is 1. The third-order valence-electron chi connectivity index (χ3n) is 4.91. The van der Waals surface area contributed by atoms with E-state index in [1.807, 2.05) is 0 Å². The fourth-order valence-electron chi connectivity index (χ4n) is 3.46. The molecule has 1 aromatic heterocycles. The van der Waals surface area contributed by atoms with Crippen LogP contribution in [0.1, 0.15) is 48.1 Å². The SMILES string of the molecule is CN1C(=O)CCC(n2c(=O)n(C3CC3)c3cc(C=O)ccc32)C1=O. The molecule has 4 rings (SSSR count). The molecule has 0 radical (unpaired) electrons. The third kappa shape index (κ3) is 2.04. The Morgan fingerprint density at radius 2 is 1.79 bits per heavy atom. The summed E-state index contributed by atoms with van der Waals surface area (Å²) in [5, 5.41) is 0. The summed E-state index contributed by atoms with van der Waals surface area (Å²) in [5.41, 5.74) is 1.58. The Morgan fingerprint density at radius 1 is 1.04 bits per heavy atom. The molecule has 0 bridgehead atoms. The van der Waals surface area contributed by atoms with Gasteiger partial charge in [0.25, 0.3) is 5.91 Å². The van der Waals surface area contributed by atoms with Gasteiger partial charge in [-0.1, -0.05) is 0 Å². The normalized spacial score (nSPS) is 21.5. The predicted molar refractivity (Wildman–Crippen MR) is 85.9 cm³/mol. The number of rotatable bonds is 3. The van der Waals surface area contributed by atoms with Crippen molar-refractivity contribution in [2.45, 2.75) is 37.8 Å². The lowest BCUT2D eigenvalue weighted by atomic mass is 10.0. The van der Waals surface area contributed by atoms with E-state index in [2.05, 4.69) is 0 Å². The zero-order chi connectivity index (χ0) is 17.0. The van der Waals surface area contributed by atoms with Gasteiger partial charge in [-0.15, -0.1) is 0 Å². The summed E-state index contributed by atoms with van der Waals surface area (Å²) in [6, 6.07) is 4.50. The van der Waals surface area contributed by atoms with E-state index < -0.39 is 6.04 Å². The highest BCUT2D eigenvalue weighted by molar-refractivity contribution is 6.00. The largest absolute Gasteiger partial charge is 0.330 e. The van der Waals surface area contributed by atoms with Gasteiger partial charge in [0.15, 0.2) is 0 Å². The van der Waals surface area contributed by atoms with Gasteiger partial charge in [0.1, 0.15) is 12.3 Å². The number of piperidine rings is 1. The Kier molecular flexibility index (Phi) is 3.19. The maximum atomic E-state index is 13.0. The molecule has 0 N–H and O–H groups in total. The van der Waals surface area contributed by atoms with Crippen LogP contribution < -0.4 is 5.69 Å². The molecule has 1 saturated heterocycles. The van der Waals surface area contributed by atoms with Gasteiger partial charge in [0, 0.05) is 25.1 Å². The Hall–Kier alpha value is -2.70. The number of hydrogen-bond donors (Lipinski definition) is 0. The Morgan fingerprint density at radius 3 is 2.46 bits per heavy atom. The zero-order valence-electron chi connectivity index (χ0n) is 13.3. The summed E-state index contributed by atoms with van der Waals surface area (Å²) in [5.74, 6) is -0.582. The maximum absolute atomic E-state index is 13.0. The zero-order valence-corrected chi connectivity index (χ0v) is 13.3. The van der Waals surface area contributed by atoms with Gasteiger partial charge in [-0.05, 0) is 37.5 Å². The van der Waals surface area contributed by atoms with Crippen LogP contribution in [0.4, 0.5) is 0 Å². The number of imide groups is 1. The highest BCUT2D eigenvalue weighted by Crippen LogP contribution is 2.37. The van der Waals surface area contributed by atoms with Crippen LogP contribution >= 0.6 is 0 Å². The molecule has 1 unspecified atom stereocenters. The van der Waals surface area contributed by atoms with E-state index in [1.54, 1.807) is 22.8 Å². The van der Waals surface area contributed by atoms with E-state index in [0.717, 1.165) is 24.0 Å². The molecule has 2 fully saturated rings. The van der Waals surface area contributed by atoms with E-state index in [0.29, 0.717) is 23.0 Å². The molecule has 1 atom stereocenters. The van der Waals surface area contributed by atoms with E-state index in [4.69, 9.17) is 0 Å². The average Bonchev–Trinajstić information content (AvgIpc) is 3.37. The number of benzene rings is 1. The van der Waals surface area contributed by atoms with Crippen LogP contribution in [0, 0.1) is 0 Å². The van der Waals surface area contributed by atoms with Crippen LogP contribution in [-0.4, -0.2) is 39.2 Å². The Labute approximate surface area is 137 Å². The van der Waals surface area contributed by atoms with Crippen LogP contribution in [0.3, 0.4) is 0 Å². The number of likely N-dealkylation sites (N-methyl/N-ethyl adjacent to an activating group) is 1. The van der Waals surface area contributed by atoms with Gasteiger partial charge >= 0.3 is 5.69 Å². The number of nitrogens with zero attached hydrogens (tertiary/aromatic N) is 3. The van der Waals surface area contributed by atoms with Gasteiger partial charge in [0.05, 0.1) is 11.0 Å². The van der Waals surface area contributed by atoms with Crippen LogP contribution in [-0.2, 0) is 9.59 Å². The van der Waals surface area contributed by atoms with Crippen LogP contribution in [0.2, 0.25) is 0 Å². The highest BCUT2D eigenvalue weighted by Gasteiger charge is 2.37. The molecule has 7 heteroatoms. The lowest BCUT2D eigenvalue weighted by Crippen LogP contribution is -2.45. The molecule has 2 heterocycles. The second-order valence-electron chi connectivity index (χ2n) is 6.47. The summed E-state index contributed by atoms with van der Waals surface area (Å²) in [6.45, 7) is 0. The second-order valence-corrected chi connectivity index (χ2v) is 6.47. The summed E-state index contributed by atoms with van der Waals surface area (Å²) in [7, 11) is 1.45. The van der Waals surface area contributed by atoms with Crippen molar-refractivity contribution in [3.63, 3.8) is 0 Å². The van der Waals surface area contributed by atoms with E-state index in [-0.39, 0.29) is 30.0 Å². The van der Waals surface area contributed by atoms with Crippen molar-refractivity contribution in [1.82, 2.24) is 14.0 Å². The van der Waals surface area contributed by atoms with Crippen molar-refractivity contribution in [3.05, 3.63) is 34.2 Å². The van der Waals surface area contributed by atoms with E-state index >= 15 is 0 Å². The smallest absolute Gasteiger partial charge is 0.298 e. The molecule has 2 amide bonds. The fourth-order valence-corrected chi connectivity index (χ4v) is 3.46. The van der Waals surface area contributed by atoms with Crippen molar-refractivity contribution in [2.24, 2.45) is 0 Å². The first-order chi connectivity index (χ1) is 11.5. The molecule has 1 saturated carbocycles. The predicted octanol–water partition coefficient (Wildman–Crippen LogP) is 1.27. The molecule has 124 valence electrons. The second kappa shape index (κ2) is 5.15. The summed E-state index contributed by atoms with van der Waals surface area (Å²) < 4.78 is 3.18. The molecular weight excluding hydrogens is 310 g/mol. The Balaban J connectivity index is 1.94. The molecule has 2 aliphatic rings. The number of hydrogen-bond acceptors (Lipinski definition) is 4. The van der Waals surface area contributed by atoms with Crippen molar-refractivity contribution in [1.29, 1.82) is 0 Å². The summed E-state index contributed by atoms with van der Waals surface area (Å²) in [4.78, 5) is 49.4. The lowest BCUT2D eigenvalue weighted by Gasteiger charge is -2.28. The molecule has 1 aromatic carbocycles. The topological polar surface area (TPSA) is 81.4 Å². The number of carbonyl (C=O) groups excluding carboxylic acids is 3. The number of imidazole rings is 1. The first kappa shape index (κ1) is 14.9. The molecular formula is C17H17N3O4. The van der Waals surface area contributed by atoms with Crippen molar-refractivity contribution < 1.29 is 14.4 Å². The molecule has 0 spiro atoms. The number of fused-ring (bicyclic) bond motifs is 1. The van der Waals surface area contributed by atoms with Crippen molar-refractivity contribution in [3.8, 4) is 0 Å². The fraction of sp³-hybridized carbons (Fsp3) is 0.412. The molecule has 1 aliphatic carbocycles. The number of amides is 2. The lowest BCUT2D eigenvalue weighted by molar-refractivity contribution is -0.149. The quantitative estimate of drug-likeness (QED) is 0.628. The third-order valence-corrected chi connectivity index (χ3v) is 4.91. The monoisotopic (exact) mass is 327 g/mol. The number of carbonyl (C=O) groups is 3. The minimum atomic E-state index is -0.676. The van der Waals surface area contributed by atoms with E-state index in [9.17, 15) is 19.2 Å². The molecule has 1 aliphatic heterocycles. The van der Waals surface area contributed by atoms with Gasteiger partial charge in [-0.2, -0.15) is 0 Å². The van der Waals surface area contributed by atoms with Crippen molar-refractivity contribution >= 4 is 29.1 Å². The molecule has 2 aromatic rings. The van der Waals surface area contributed by atoms with Crippen LogP contribution in [0.5, 0.6) is 0 Å². The first-order valence-electron chi connectivity index (χ1n) is 8.05. The minimum absolute atomic E-state index is 0.126. The average molecular weight is 327 g/mol. The Bertz CT molecular complexity index is 935. The van der Waals surface area contributed by atoms with Gasteiger partial charge in [-0.3, -0.25) is 28.4 Å². The summed E-state index contributed by atoms with van der Waals surface area (Å²) >= 11 is 0. The first-order valence-corrected chi connectivity index (χ1v) is 8.05. The van der Waals surface area contributed by atoms with E-state index in [1.165, 1.54) is 11.6 Å². The highest BCUT2D eigenvalue weighted by atomic mass is 16.2. The van der Waals surface area contributed by atoms with Gasteiger partial charge in [0.2, 0.25) is 5.91 Å². The van der Waals surface area contributed by atoms with Gasteiger partial charge in [-0.25, -0.2) is 4.79 Å². The number of aromatic nitrogens is 2. The van der Waals surface area contributed by atoms with Crippen LogP contribution in [0.25, 0.3) is 11.0 Å². The molecule has 7 nitrogen and oxygen atoms in total. The van der Waals surface area contributed by atoms with Gasteiger partial charge < -0.3 is 0 Å². The minimum Gasteiger partial charge on any atom is -0.298 e. The van der Waals surface area contributed by atoms with Crippen LogP contribution in [0.15, 0.2) is 23.0 Å². The standard InChI is InChI=1S/C17H17N3O4/c1-18-15(22)7-6-13(16(18)23)20-12-5-2-10(9-21)8-14(12)19(17(20)24)11-3-4-11/h2,5,8-9,11,13H,3-4,6-7H2,1H3. The molecule has 24 heavy (non-hydrogen) atoms. The number of aldehydes is 1. The van der Waals surface area contributed by atoms with Crippen molar-refractivity contribution in [2.75, 3.05) is 7.05 Å².